The average Bonchev–Trinajstić information content (AvgIpc) is 2.90. The number of hydrogen-bond acceptors (Lipinski definition) is 4. The van der Waals surface area contributed by atoms with Gasteiger partial charge in [0.1, 0.15) is 5.25 Å². The molecule has 2 rings (SSSR count). The summed E-state index contributed by atoms with van der Waals surface area (Å²) in [6, 6.07) is 0. The summed E-state index contributed by atoms with van der Waals surface area (Å²) in [4.78, 5) is 10.7. The van der Waals surface area contributed by atoms with E-state index in [4.69, 9.17) is 9.84 Å². The molecule has 0 bridgehead atoms. The van der Waals surface area contributed by atoms with Crippen molar-refractivity contribution in [1.82, 2.24) is 4.31 Å². The van der Waals surface area contributed by atoms with Gasteiger partial charge in [0.25, 0.3) is 0 Å². The number of ether oxygens (including phenoxy) is 1. The number of rotatable bonds is 3. The van der Waals surface area contributed by atoms with Crippen molar-refractivity contribution in [2.24, 2.45) is 5.92 Å². The van der Waals surface area contributed by atoms with Crippen LogP contribution in [-0.2, 0) is 19.6 Å². The van der Waals surface area contributed by atoms with E-state index in [1.165, 1.54) is 4.31 Å². The SMILES string of the molecule is O=C(O)C1CCN(S(=O)(=O)C2CCOC2)C1. The van der Waals surface area contributed by atoms with Crippen molar-refractivity contribution in [2.45, 2.75) is 18.1 Å². The molecule has 0 aliphatic carbocycles. The Balaban J connectivity index is 2.05. The fourth-order valence-corrected chi connectivity index (χ4v) is 3.95. The van der Waals surface area contributed by atoms with Crippen LogP contribution in [0.25, 0.3) is 0 Å². The highest BCUT2D eigenvalue weighted by Crippen LogP contribution is 2.25. The summed E-state index contributed by atoms with van der Waals surface area (Å²) >= 11 is 0. The number of carboxylic acids is 1. The second kappa shape index (κ2) is 4.31. The maximum absolute atomic E-state index is 12.1. The Labute approximate surface area is 94.2 Å². The molecule has 2 aliphatic heterocycles. The molecule has 0 amide bonds. The van der Waals surface area contributed by atoms with E-state index in [0.717, 1.165) is 0 Å². The van der Waals surface area contributed by atoms with Gasteiger partial charge in [-0.3, -0.25) is 4.79 Å². The van der Waals surface area contributed by atoms with Gasteiger partial charge in [-0.1, -0.05) is 0 Å². The largest absolute Gasteiger partial charge is 0.481 e. The minimum absolute atomic E-state index is 0.105. The molecule has 0 saturated carbocycles. The van der Waals surface area contributed by atoms with Crippen molar-refractivity contribution in [1.29, 1.82) is 0 Å². The quantitative estimate of drug-likeness (QED) is 0.729. The number of nitrogens with zero attached hydrogens (tertiary/aromatic N) is 1. The summed E-state index contributed by atoms with van der Waals surface area (Å²) in [5.74, 6) is -1.47. The molecule has 1 N–H and O–H groups in total. The monoisotopic (exact) mass is 249 g/mol. The van der Waals surface area contributed by atoms with E-state index in [1.807, 2.05) is 0 Å². The number of carboxylic acid groups (broad SMARTS) is 1. The lowest BCUT2D eigenvalue weighted by molar-refractivity contribution is -0.141. The normalized spacial score (nSPS) is 32.0. The van der Waals surface area contributed by atoms with Gasteiger partial charge >= 0.3 is 5.97 Å². The second-order valence-electron chi connectivity index (χ2n) is 4.21. The van der Waals surface area contributed by atoms with Gasteiger partial charge in [-0.2, -0.15) is 0 Å². The van der Waals surface area contributed by atoms with Crippen LogP contribution in [0.15, 0.2) is 0 Å². The first kappa shape index (κ1) is 11.8. The smallest absolute Gasteiger partial charge is 0.307 e. The molecule has 16 heavy (non-hydrogen) atoms. The zero-order valence-electron chi connectivity index (χ0n) is 8.83. The van der Waals surface area contributed by atoms with Crippen LogP contribution in [0.5, 0.6) is 0 Å². The van der Waals surface area contributed by atoms with E-state index < -0.39 is 27.2 Å². The van der Waals surface area contributed by atoms with Crippen LogP contribution >= 0.6 is 0 Å². The molecule has 0 radical (unpaired) electrons. The predicted molar refractivity (Wildman–Crippen MR) is 55.5 cm³/mol. The van der Waals surface area contributed by atoms with Crippen molar-refractivity contribution in [3.8, 4) is 0 Å². The summed E-state index contributed by atoms with van der Waals surface area (Å²) in [6.07, 6.45) is 0.915. The fraction of sp³-hybridized carbons (Fsp3) is 0.889. The van der Waals surface area contributed by atoms with Crippen LogP contribution in [0.4, 0.5) is 0 Å². The summed E-state index contributed by atoms with van der Waals surface area (Å²) in [5.41, 5.74) is 0. The molecule has 7 heteroatoms. The Morgan fingerprint density at radius 3 is 2.62 bits per heavy atom. The first-order valence-electron chi connectivity index (χ1n) is 5.31. The number of carbonyl (C=O) groups is 1. The Morgan fingerprint density at radius 2 is 2.12 bits per heavy atom. The van der Waals surface area contributed by atoms with Gasteiger partial charge in [-0.25, -0.2) is 12.7 Å². The average molecular weight is 249 g/mol. The highest BCUT2D eigenvalue weighted by atomic mass is 32.2. The van der Waals surface area contributed by atoms with E-state index in [0.29, 0.717) is 26.0 Å². The van der Waals surface area contributed by atoms with Crippen LogP contribution in [0.2, 0.25) is 0 Å². The number of aliphatic carboxylic acids is 1. The first-order chi connectivity index (χ1) is 7.51. The highest BCUT2D eigenvalue weighted by Gasteiger charge is 2.40. The Hall–Kier alpha value is -0.660. The van der Waals surface area contributed by atoms with Crippen LogP contribution in [0.1, 0.15) is 12.8 Å². The third-order valence-corrected chi connectivity index (χ3v) is 5.43. The maximum atomic E-state index is 12.1. The Kier molecular flexibility index (Phi) is 3.18. The lowest BCUT2D eigenvalue weighted by atomic mass is 10.1. The molecule has 0 aromatic carbocycles. The molecule has 0 aromatic heterocycles. The topological polar surface area (TPSA) is 83.9 Å². The Bertz CT molecular complexity index is 373. The molecule has 6 nitrogen and oxygen atoms in total. The minimum Gasteiger partial charge on any atom is -0.481 e. The second-order valence-corrected chi connectivity index (χ2v) is 6.43. The van der Waals surface area contributed by atoms with Gasteiger partial charge in [0, 0.05) is 19.7 Å². The zero-order valence-corrected chi connectivity index (χ0v) is 9.65. The first-order valence-corrected chi connectivity index (χ1v) is 6.81. The lowest BCUT2D eigenvalue weighted by Crippen LogP contribution is -2.38. The van der Waals surface area contributed by atoms with Crippen molar-refractivity contribution in [2.75, 3.05) is 26.3 Å². The molecule has 2 unspecified atom stereocenters. The van der Waals surface area contributed by atoms with Gasteiger partial charge in [-0.15, -0.1) is 0 Å². The van der Waals surface area contributed by atoms with Gasteiger partial charge in [0.15, 0.2) is 0 Å². The van der Waals surface area contributed by atoms with Gasteiger partial charge in [0.2, 0.25) is 10.0 Å². The number of hydrogen-bond donors (Lipinski definition) is 1. The molecule has 2 aliphatic rings. The van der Waals surface area contributed by atoms with Gasteiger partial charge in [0.05, 0.1) is 12.5 Å². The number of sulfonamides is 1. The molecule has 2 fully saturated rings. The van der Waals surface area contributed by atoms with E-state index in [-0.39, 0.29) is 13.2 Å². The van der Waals surface area contributed by atoms with Crippen molar-refractivity contribution in [3.63, 3.8) is 0 Å². The van der Waals surface area contributed by atoms with Crippen LogP contribution in [0.3, 0.4) is 0 Å². The molecule has 0 spiro atoms. The lowest BCUT2D eigenvalue weighted by Gasteiger charge is -2.19. The van der Waals surface area contributed by atoms with E-state index in [9.17, 15) is 13.2 Å². The summed E-state index contributed by atoms with van der Waals surface area (Å²) in [5, 5.41) is 8.33. The van der Waals surface area contributed by atoms with Crippen LogP contribution in [-0.4, -0.2) is 55.4 Å². The summed E-state index contributed by atoms with van der Waals surface area (Å²) < 4.78 is 30.5. The van der Waals surface area contributed by atoms with Crippen molar-refractivity contribution in [3.05, 3.63) is 0 Å². The van der Waals surface area contributed by atoms with Crippen LogP contribution in [0, 0.1) is 5.92 Å². The predicted octanol–water partition coefficient (Wildman–Crippen LogP) is -0.488. The molecular weight excluding hydrogens is 234 g/mol. The Morgan fingerprint density at radius 1 is 1.38 bits per heavy atom. The van der Waals surface area contributed by atoms with Gasteiger partial charge < -0.3 is 9.84 Å². The van der Waals surface area contributed by atoms with E-state index in [2.05, 4.69) is 0 Å². The standard InChI is InChI=1S/C9H15NO5S/c11-9(12)7-1-3-10(5-7)16(13,14)8-2-4-15-6-8/h7-8H,1-6H2,(H,11,12). The summed E-state index contributed by atoms with van der Waals surface area (Å²) in [7, 11) is -3.36. The molecular formula is C9H15NO5S. The minimum atomic E-state index is -3.36. The third-order valence-electron chi connectivity index (χ3n) is 3.17. The van der Waals surface area contributed by atoms with Gasteiger partial charge in [-0.05, 0) is 12.8 Å². The van der Waals surface area contributed by atoms with E-state index >= 15 is 0 Å². The highest BCUT2D eigenvalue weighted by molar-refractivity contribution is 7.89. The zero-order chi connectivity index (χ0) is 11.8. The summed E-state index contributed by atoms with van der Waals surface area (Å²) in [6.45, 7) is 1.13. The maximum Gasteiger partial charge on any atom is 0.307 e. The fourth-order valence-electron chi connectivity index (χ4n) is 2.12. The van der Waals surface area contributed by atoms with Crippen LogP contribution < -0.4 is 0 Å². The third kappa shape index (κ3) is 2.07. The van der Waals surface area contributed by atoms with Crippen molar-refractivity contribution < 1.29 is 23.1 Å². The van der Waals surface area contributed by atoms with E-state index in [1.54, 1.807) is 0 Å². The molecule has 2 heterocycles. The molecule has 2 saturated heterocycles. The molecule has 92 valence electrons. The molecule has 2 atom stereocenters. The molecule has 0 aromatic rings. The van der Waals surface area contributed by atoms with Crippen molar-refractivity contribution >= 4 is 16.0 Å².